The summed E-state index contributed by atoms with van der Waals surface area (Å²) in [6.45, 7) is 4.15. The first-order valence-electron chi connectivity index (χ1n) is 6.18. The molecule has 94 valence electrons. The van der Waals surface area contributed by atoms with E-state index in [1.54, 1.807) is 6.20 Å². The van der Waals surface area contributed by atoms with Crippen LogP contribution in [0.1, 0.15) is 29.7 Å². The lowest BCUT2D eigenvalue weighted by molar-refractivity contribution is 0.891. The Bertz CT molecular complexity index is 523. The number of nitrogens with one attached hydrogen (secondary N) is 1. The molecule has 18 heavy (non-hydrogen) atoms. The minimum Gasteiger partial charge on any atom is -0.373 e. The van der Waals surface area contributed by atoms with Crippen LogP contribution in [0.5, 0.6) is 0 Å². The Kier molecular flexibility index (Phi) is 3.87. The molecule has 0 spiro atoms. The van der Waals surface area contributed by atoms with Crippen LogP contribution in [0.3, 0.4) is 0 Å². The number of aryl methyl sites for hydroxylation is 1. The molecular weight excluding hydrogens is 224 g/mol. The van der Waals surface area contributed by atoms with Crippen LogP contribution in [-0.2, 0) is 12.8 Å². The van der Waals surface area contributed by atoms with E-state index in [1.165, 1.54) is 5.56 Å². The molecule has 2 rings (SSSR count). The number of anilines is 1. The van der Waals surface area contributed by atoms with Crippen molar-refractivity contribution in [2.24, 2.45) is 0 Å². The monoisotopic (exact) mass is 242 g/mol. The molecule has 0 amide bonds. The summed E-state index contributed by atoms with van der Waals surface area (Å²) >= 11 is 0. The van der Waals surface area contributed by atoms with E-state index in [-0.39, 0.29) is 0 Å². The Morgan fingerprint density at radius 3 is 2.67 bits per heavy atom. The first kappa shape index (κ1) is 12.5. The smallest absolute Gasteiger partial charge is 0.136 e. The molecule has 2 heterocycles. The van der Waals surface area contributed by atoms with Crippen LogP contribution < -0.4 is 5.32 Å². The van der Waals surface area contributed by atoms with Gasteiger partial charge in [0.25, 0.3) is 0 Å². The number of hydrogen-bond acceptors (Lipinski definition) is 4. The highest BCUT2D eigenvalue weighted by Gasteiger charge is 2.09. The third kappa shape index (κ3) is 2.64. The van der Waals surface area contributed by atoms with Crippen LogP contribution in [0.2, 0.25) is 0 Å². The van der Waals surface area contributed by atoms with Gasteiger partial charge in [-0.2, -0.15) is 0 Å². The fourth-order valence-electron chi connectivity index (χ4n) is 2.03. The zero-order valence-electron chi connectivity index (χ0n) is 11.1. The maximum absolute atomic E-state index is 4.56. The van der Waals surface area contributed by atoms with Crippen molar-refractivity contribution in [3.05, 3.63) is 47.2 Å². The summed E-state index contributed by atoms with van der Waals surface area (Å²) in [5.41, 5.74) is 3.22. The molecule has 0 aromatic carbocycles. The summed E-state index contributed by atoms with van der Waals surface area (Å²) in [5, 5.41) is 3.14. The molecule has 0 aliphatic carbocycles. The molecule has 0 unspecified atom stereocenters. The number of pyridine rings is 1. The fraction of sp³-hybridized carbons (Fsp3) is 0.357. The summed E-state index contributed by atoms with van der Waals surface area (Å²) < 4.78 is 0. The summed E-state index contributed by atoms with van der Waals surface area (Å²) in [7, 11) is 1.89. The van der Waals surface area contributed by atoms with E-state index in [9.17, 15) is 0 Å². The topological polar surface area (TPSA) is 50.7 Å². The lowest BCUT2D eigenvalue weighted by Gasteiger charge is -2.11. The second-order valence-corrected chi connectivity index (χ2v) is 4.15. The van der Waals surface area contributed by atoms with E-state index in [0.717, 1.165) is 29.5 Å². The Morgan fingerprint density at radius 1 is 1.22 bits per heavy atom. The molecule has 2 aromatic heterocycles. The Morgan fingerprint density at radius 2 is 2.06 bits per heavy atom. The lowest BCUT2D eigenvalue weighted by atomic mass is 10.1. The zero-order chi connectivity index (χ0) is 13.0. The summed E-state index contributed by atoms with van der Waals surface area (Å²) in [4.78, 5) is 13.4. The van der Waals surface area contributed by atoms with Gasteiger partial charge in [0.15, 0.2) is 0 Å². The van der Waals surface area contributed by atoms with E-state index >= 15 is 0 Å². The zero-order valence-corrected chi connectivity index (χ0v) is 11.1. The quantitative estimate of drug-likeness (QED) is 0.894. The third-order valence-corrected chi connectivity index (χ3v) is 2.92. The number of rotatable bonds is 4. The van der Waals surface area contributed by atoms with Gasteiger partial charge in [-0.1, -0.05) is 13.0 Å². The molecule has 2 aromatic rings. The molecule has 4 heteroatoms. The van der Waals surface area contributed by atoms with Gasteiger partial charge in [-0.3, -0.25) is 4.98 Å². The van der Waals surface area contributed by atoms with Gasteiger partial charge < -0.3 is 5.32 Å². The van der Waals surface area contributed by atoms with E-state index in [4.69, 9.17) is 0 Å². The first-order valence-corrected chi connectivity index (χ1v) is 6.18. The maximum atomic E-state index is 4.56. The van der Waals surface area contributed by atoms with Crippen molar-refractivity contribution >= 4 is 5.82 Å². The van der Waals surface area contributed by atoms with E-state index in [2.05, 4.69) is 27.2 Å². The normalized spacial score (nSPS) is 10.4. The van der Waals surface area contributed by atoms with E-state index in [1.807, 2.05) is 32.2 Å². The Labute approximate surface area is 108 Å². The van der Waals surface area contributed by atoms with Crippen LogP contribution in [-0.4, -0.2) is 22.0 Å². The van der Waals surface area contributed by atoms with Gasteiger partial charge in [-0.25, -0.2) is 9.97 Å². The average Bonchev–Trinajstić information content (AvgIpc) is 2.39. The minimum atomic E-state index is 0.667. The molecule has 0 fully saturated rings. The van der Waals surface area contributed by atoms with Gasteiger partial charge in [-0.15, -0.1) is 0 Å². The number of hydrogen-bond donors (Lipinski definition) is 1. The standard InChI is InChI=1S/C14H18N4/c1-4-12-10(2)17-13(18-14(12)15-3)9-11-7-5-6-8-16-11/h5-8H,4,9H2,1-3H3,(H,15,17,18). The molecule has 0 aliphatic rings. The predicted molar refractivity (Wildman–Crippen MR) is 72.7 cm³/mol. The van der Waals surface area contributed by atoms with Crippen molar-refractivity contribution < 1.29 is 0 Å². The fourth-order valence-corrected chi connectivity index (χ4v) is 2.03. The highest BCUT2D eigenvalue weighted by atomic mass is 15.0. The van der Waals surface area contributed by atoms with Crippen molar-refractivity contribution in [3.8, 4) is 0 Å². The van der Waals surface area contributed by atoms with Crippen LogP contribution in [0.15, 0.2) is 24.4 Å². The second kappa shape index (κ2) is 5.58. The van der Waals surface area contributed by atoms with Crippen molar-refractivity contribution in [1.29, 1.82) is 0 Å². The minimum absolute atomic E-state index is 0.667. The van der Waals surface area contributed by atoms with Crippen molar-refractivity contribution in [3.63, 3.8) is 0 Å². The van der Waals surface area contributed by atoms with Gasteiger partial charge in [0, 0.05) is 30.2 Å². The highest BCUT2D eigenvalue weighted by molar-refractivity contribution is 5.46. The molecule has 0 aliphatic heterocycles. The summed E-state index contributed by atoms with van der Waals surface area (Å²) in [6.07, 6.45) is 3.40. The van der Waals surface area contributed by atoms with Gasteiger partial charge in [0.05, 0.1) is 6.42 Å². The number of aromatic nitrogens is 3. The lowest BCUT2D eigenvalue weighted by Crippen LogP contribution is -2.08. The summed E-state index contributed by atoms with van der Waals surface area (Å²) in [5.74, 6) is 1.74. The Balaban J connectivity index is 2.32. The van der Waals surface area contributed by atoms with Gasteiger partial charge in [0.2, 0.25) is 0 Å². The van der Waals surface area contributed by atoms with Crippen molar-refractivity contribution in [2.75, 3.05) is 12.4 Å². The maximum Gasteiger partial charge on any atom is 0.136 e. The van der Waals surface area contributed by atoms with E-state index in [0.29, 0.717) is 6.42 Å². The van der Waals surface area contributed by atoms with Gasteiger partial charge in [0.1, 0.15) is 11.6 Å². The summed E-state index contributed by atoms with van der Waals surface area (Å²) in [6, 6.07) is 5.88. The molecule has 0 saturated carbocycles. The average molecular weight is 242 g/mol. The highest BCUT2D eigenvalue weighted by Crippen LogP contribution is 2.17. The van der Waals surface area contributed by atoms with Crippen molar-refractivity contribution in [2.45, 2.75) is 26.7 Å². The molecule has 0 atom stereocenters. The predicted octanol–water partition coefficient (Wildman–Crippen LogP) is 2.37. The van der Waals surface area contributed by atoms with Crippen LogP contribution in [0.4, 0.5) is 5.82 Å². The second-order valence-electron chi connectivity index (χ2n) is 4.15. The molecule has 1 N–H and O–H groups in total. The Hall–Kier alpha value is -1.97. The molecule has 0 radical (unpaired) electrons. The van der Waals surface area contributed by atoms with Crippen LogP contribution in [0.25, 0.3) is 0 Å². The molecule has 4 nitrogen and oxygen atoms in total. The van der Waals surface area contributed by atoms with Gasteiger partial charge >= 0.3 is 0 Å². The number of nitrogens with zero attached hydrogens (tertiary/aromatic N) is 3. The first-order chi connectivity index (χ1) is 8.74. The molecular formula is C14H18N4. The molecule has 0 saturated heterocycles. The van der Waals surface area contributed by atoms with Crippen LogP contribution in [0, 0.1) is 6.92 Å². The molecule has 0 bridgehead atoms. The van der Waals surface area contributed by atoms with Gasteiger partial charge in [-0.05, 0) is 25.5 Å². The van der Waals surface area contributed by atoms with E-state index < -0.39 is 0 Å². The van der Waals surface area contributed by atoms with Crippen LogP contribution >= 0.6 is 0 Å². The largest absolute Gasteiger partial charge is 0.373 e. The SMILES string of the molecule is CCc1c(C)nc(Cc2ccccn2)nc1NC. The third-order valence-electron chi connectivity index (χ3n) is 2.92. The van der Waals surface area contributed by atoms with Crippen molar-refractivity contribution in [1.82, 2.24) is 15.0 Å².